The molecular weight excluding hydrogens is 364 g/mol. The maximum atomic E-state index is 5.90. The summed E-state index contributed by atoms with van der Waals surface area (Å²) >= 11 is 0. The maximum absolute atomic E-state index is 5.90. The Morgan fingerprint density at radius 1 is 1.00 bits per heavy atom. The number of nitrogens with one attached hydrogen (secondary N) is 1. The Balaban J connectivity index is 1.16. The molecule has 4 rings (SSSR count). The van der Waals surface area contributed by atoms with Gasteiger partial charge in [-0.1, -0.05) is 12.1 Å². The van der Waals surface area contributed by atoms with Crippen molar-refractivity contribution < 1.29 is 9.47 Å². The molecule has 1 aromatic heterocycles. The van der Waals surface area contributed by atoms with Crippen molar-refractivity contribution in [3.05, 3.63) is 48.7 Å². The second-order valence-corrected chi connectivity index (χ2v) is 7.40. The molecule has 1 aliphatic rings. The average molecular weight is 395 g/mol. The molecule has 0 radical (unpaired) electrons. The van der Waals surface area contributed by atoms with E-state index in [4.69, 9.17) is 9.47 Å². The third-order valence-electron chi connectivity index (χ3n) is 5.43. The van der Waals surface area contributed by atoms with Crippen LogP contribution in [0.2, 0.25) is 0 Å². The summed E-state index contributed by atoms with van der Waals surface area (Å²) in [6, 6.07) is 14.4. The van der Waals surface area contributed by atoms with Crippen molar-refractivity contribution in [1.82, 2.24) is 15.1 Å². The summed E-state index contributed by atoms with van der Waals surface area (Å²) in [7, 11) is 0. The molecule has 2 aromatic carbocycles. The monoisotopic (exact) mass is 394 g/mol. The zero-order valence-corrected chi connectivity index (χ0v) is 17.1. The molecule has 0 saturated carbocycles. The molecule has 2 heterocycles. The summed E-state index contributed by atoms with van der Waals surface area (Å²) in [4.78, 5) is 4.99. The minimum absolute atomic E-state index is 0.703. The number of aromatic nitrogens is 2. The van der Waals surface area contributed by atoms with Crippen LogP contribution in [0.1, 0.15) is 19.8 Å². The molecule has 6 nitrogen and oxygen atoms in total. The van der Waals surface area contributed by atoms with Crippen molar-refractivity contribution >= 4 is 16.6 Å². The largest absolute Gasteiger partial charge is 0.494 e. The number of H-pyrrole nitrogens is 1. The Morgan fingerprint density at radius 3 is 2.72 bits per heavy atom. The van der Waals surface area contributed by atoms with E-state index >= 15 is 0 Å². The Hall–Kier alpha value is -2.73. The van der Waals surface area contributed by atoms with Gasteiger partial charge in [0.15, 0.2) is 0 Å². The first-order valence-electron chi connectivity index (χ1n) is 10.6. The third-order valence-corrected chi connectivity index (χ3v) is 5.43. The predicted molar refractivity (Wildman–Crippen MR) is 117 cm³/mol. The number of piperazine rings is 1. The molecule has 0 atom stereocenters. The molecule has 1 saturated heterocycles. The Bertz CT molecular complexity index is 903. The molecular formula is C23H30N4O2. The number of hydrogen-bond donors (Lipinski definition) is 1. The third kappa shape index (κ3) is 5.01. The van der Waals surface area contributed by atoms with E-state index in [1.807, 2.05) is 37.4 Å². The van der Waals surface area contributed by atoms with Crippen LogP contribution in [-0.2, 0) is 0 Å². The molecule has 0 unspecified atom stereocenters. The average Bonchev–Trinajstić information content (AvgIpc) is 3.23. The zero-order valence-electron chi connectivity index (χ0n) is 17.1. The van der Waals surface area contributed by atoms with E-state index in [0.29, 0.717) is 6.61 Å². The fourth-order valence-electron chi connectivity index (χ4n) is 3.84. The maximum Gasteiger partial charge on any atom is 0.142 e. The minimum Gasteiger partial charge on any atom is -0.494 e. The van der Waals surface area contributed by atoms with Crippen LogP contribution in [0.4, 0.5) is 5.69 Å². The molecule has 1 aliphatic heterocycles. The molecule has 0 aliphatic carbocycles. The van der Waals surface area contributed by atoms with Crippen molar-refractivity contribution in [2.45, 2.75) is 19.8 Å². The van der Waals surface area contributed by atoms with E-state index in [9.17, 15) is 0 Å². The number of fused-ring (bicyclic) bond motifs is 1. The van der Waals surface area contributed by atoms with Crippen LogP contribution in [0.5, 0.6) is 11.5 Å². The number of hydrogen-bond acceptors (Lipinski definition) is 5. The standard InChI is InChI=1S/C23H30N4O2/c1-2-28-23-8-4-3-7-22(23)27-14-12-26(13-15-27)11-5-6-16-29-20-10-9-19-18-24-25-21(19)17-20/h3-4,7-10,17-18H,2,5-6,11-16H2,1H3,(H,24,25). The van der Waals surface area contributed by atoms with Gasteiger partial charge in [0.25, 0.3) is 0 Å². The van der Waals surface area contributed by atoms with E-state index in [0.717, 1.165) is 74.6 Å². The van der Waals surface area contributed by atoms with Gasteiger partial charge < -0.3 is 14.4 Å². The Kier molecular flexibility index (Phi) is 6.52. The van der Waals surface area contributed by atoms with Gasteiger partial charge in [-0.05, 0) is 50.6 Å². The normalized spacial score (nSPS) is 15.0. The van der Waals surface area contributed by atoms with Gasteiger partial charge in [0, 0.05) is 37.6 Å². The highest BCUT2D eigenvalue weighted by molar-refractivity contribution is 5.79. The summed E-state index contributed by atoms with van der Waals surface area (Å²) in [6.45, 7) is 8.90. The lowest BCUT2D eigenvalue weighted by atomic mass is 10.2. The van der Waals surface area contributed by atoms with Crippen LogP contribution in [0.15, 0.2) is 48.7 Å². The molecule has 1 N–H and O–H groups in total. The summed E-state index contributed by atoms with van der Waals surface area (Å²) in [5.74, 6) is 1.90. The number of ether oxygens (including phenoxy) is 2. The topological polar surface area (TPSA) is 53.6 Å². The van der Waals surface area contributed by atoms with Gasteiger partial charge in [-0.2, -0.15) is 5.10 Å². The van der Waals surface area contributed by atoms with Crippen LogP contribution in [0.25, 0.3) is 10.9 Å². The van der Waals surface area contributed by atoms with Gasteiger partial charge in [0.2, 0.25) is 0 Å². The predicted octanol–water partition coefficient (Wildman–Crippen LogP) is 3.94. The minimum atomic E-state index is 0.703. The number of benzene rings is 2. The number of anilines is 1. The fraction of sp³-hybridized carbons (Fsp3) is 0.435. The van der Waals surface area contributed by atoms with Crippen LogP contribution >= 0.6 is 0 Å². The smallest absolute Gasteiger partial charge is 0.142 e. The van der Waals surface area contributed by atoms with Gasteiger partial charge in [-0.25, -0.2) is 0 Å². The summed E-state index contributed by atoms with van der Waals surface area (Å²) in [5.41, 5.74) is 2.24. The highest BCUT2D eigenvalue weighted by Gasteiger charge is 2.19. The molecule has 3 aromatic rings. The highest BCUT2D eigenvalue weighted by atomic mass is 16.5. The molecule has 154 valence electrons. The highest BCUT2D eigenvalue weighted by Crippen LogP contribution is 2.28. The number of nitrogens with zero attached hydrogens (tertiary/aromatic N) is 3. The fourth-order valence-corrected chi connectivity index (χ4v) is 3.84. The molecule has 0 bridgehead atoms. The van der Waals surface area contributed by atoms with Crippen LogP contribution < -0.4 is 14.4 Å². The number of unbranched alkanes of at least 4 members (excludes halogenated alkanes) is 1. The van der Waals surface area contributed by atoms with E-state index in [1.165, 1.54) is 5.69 Å². The lowest BCUT2D eigenvalue weighted by Gasteiger charge is -2.36. The summed E-state index contributed by atoms with van der Waals surface area (Å²) in [5, 5.41) is 8.14. The number of aromatic amines is 1. The van der Waals surface area contributed by atoms with Crippen LogP contribution in [0, 0.1) is 0 Å². The van der Waals surface area contributed by atoms with Crippen molar-refractivity contribution in [2.75, 3.05) is 50.8 Å². The quantitative estimate of drug-likeness (QED) is 0.557. The lowest BCUT2D eigenvalue weighted by Crippen LogP contribution is -2.46. The first-order valence-corrected chi connectivity index (χ1v) is 10.6. The van der Waals surface area contributed by atoms with E-state index in [-0.39, 0.29) is 0 Å². The second kappa shape index (κ2) is 9.65. The van der Waals surface area contributed by atoms with Crippen molar-refractivity contribution in [2.24, 2.45) is 0 Å². The van der Waals surface area contributed by atoms with E-state index in [2.05, 4.69) is 38.2 Å². The molecule has 29 heavy (non-hydrogen) atoms. The zero-order chi connectivity index (χ0) is 19.9. The molecule has 1 fully saturated rings. The van der Waals surface area contributed by atoms with E-state index < -0.39 is 0 Å². The van der Waals surface area contributed by atoms with Gasteiger partial charge in [-0.3, -0.25) is 10.00 Å². The first kappa shape index (κ1) is 19.6. The van der Waals surface area contributed by atoms with Gasteiger partial charge >= 0.3 is 0 Å². The molecule has 0 amide bonds. The summed E-state index contributed by atoms with van der Waals surface area (Å²) < 4.78 is 11.7. The SMILES string of the molecule is CCOc1ccccc1N1CCN(CCCCOc2ccc3cn[nH]c3c2)CC1. The summed E-state index contributed by atoms with van der Waals surface area (Å²) in [6.07, 6.45) is 4.05. The lowest BCUT2D eigenvalue weighted by molar-refractivity contribution is 0.238. The van der Waals surface area contributed by atoms with E-state index in [1.54, 1.807) is 0 Å². The Morgan fingerprint density at radius 2 is 1.86 bits per heavy atom. The number of rotatable bonds is 9. The van der Waals surface area contributed by atoms with Gasteiger partial charge in [-0.15, -0.1) is 0 Å². The van der Waals surface area contributed by atoms with Crippen molar-refractivity contribution in [1.29, 1.82) is 0 Å². The van der Waals surface area contributed by atoms with Gasteiger partial charge in [0.05, 0.1) is 30.6 Å². The molecule has 0 spiro atoms. The van der Waals surface area contributed by atoms with Crippen molar-refractivity contribution in [3.63, 3.8) is 0 Å². The first-order chi connectivity index (χ1) is 14.3. The van der Waals surface area contributed by atoms with Crippen LogP contribution in [-0.4, -0.2) is 61.0 Å². The van der Waals surface area contributed by atoms with Crippen molar-refractivity contribution in [3.8, 4) is 11.5 Å². The van der Waals surface area contributed by atoms with Crippen LogP contribution in [0.3, 0.4) is 0 Å². The number of para-hydroxylation sites is 2. The molecule has 6 heteroatoms. The Labute approximate surface area is 172 Å². The second-order valence-electron chi connectivity index (χ2n) is 7.40. The van der Waals surface area contributed by atoms with Gasteiger partial charge in [0.1, 0.15) is 11.5 Å².